The van der Waals surface area contributed by atoms with Gasteiger partial charge in [0.15, 0.2) is 23.0 Å². The molecule has 2 aliphatic rings. The number of aromatic amines is 2. The van der Waals surface area contributed by atoms with Crippen LogP contribution in [0, 0.1) is 5.92 Å². The van der Waals surface area contributed by atoms with E-state index in [1.807, 2.05) is 55.1 Å². The summed E-state index contributed by atoms with van der Waals surface area (Å²) in [5.41, 5.74) is 2.57. The van der Waals surface area contributed by atoms with E-state index in [9.17, 15) is 9.59 Å². The number of carbonyl (C=O) groups is 2. The van der Waals surface area contributed by atoms with Crippen LogP contribution in [0.3, 0.4) is 0 Å². The molecule has 2 aromatic heterocycles. The standard InChI is InChI=1S/C30H32N6O5/c1-4-17(2)26(35-30(38)39-3)29(37)36-13-5-6-21(36)20-16-33-28(34-20)19-8-10-23-25(15-19)41-22-9-7-18(14-24(22)40-23)27-31-11-12-32-27/h7-12,14-17,21,26H,4-6,13H2,1-3H3,(H,31,32)(H,33,34)(H,35,38). The highest BCUT2D eigenvalue weighted by Gasteiger charge is 2.37. The molecular formula is C30H32N6O5. The molecule has 2 aromatic carbocycles. The molecule has 2 aliphatic heterocycles. The number of aromatic nitrogens is 4. The van der Waals surface area contributed by atoms with Gasteiger partial charge in [-0.15, -0.1) is 0 Å². The molecule has 0 spiro atoms. The summed E-state index contributed by atoms with van der Waals surface area (Å²) in [6.45, 7) is 4.56. The Hall–Kier alpha value is -4.80. The third-order valence-electron chi connectivity index (χ3n) is 7.80. The van der Waals surface area contributed by atoms with Crippen molar-refractivity contribution in [2.45, 2.75) is 45.2 Å². The van der Waals surface area contributed by atoms with Gasteiger partial charge in [-0.05, 0) is 55.2 Å². The van der Waals surface area contributed by atoms with Crippen LogP contribution in [0.25, 0.3) is 22.8 Å². The average Bonchev–Trinajstić information content (AvgIpc) is 3.79. The van der Waals surface area contributed by atoms with E-state index in [0.29, 0.717) is 35.4 Å². The van der Waals surface area contributed by atoms with E-state index in [4.69, 9.17) is 14.2 Å². The maximum atomic E-state index is 13.6. The number of imidazole rings is 2. The van der Waals surface area contributed by atoms with Crippen molar-refractivity contribution in [3.8, 4) is 45.8 Å². The van der Waals surface area contributed by atoms with E-state index in [1.54, 1.807) is 18.6 Å². The first kappa shape index (κ1) is 26.4. The number of likely N-dealkylation sites (tertiary alicyclic amines) is 1. The normalized spacial score (nSPS) is 17.0. The Balaban J connectivity index is 1.20. The monoisotopic (exact) mass is 556 g/mol. The van der Waals surface area contributed by atoms with Crippen molar-refractivity contribution < 1.29 is 23.8 Å². The molecule has 11 nitrogen and oxygen atoms in total. The number of nitrogens with zero attached hydrogens (tertiary/aromatic N) is 3. The molecule has 1 saturated heterocycles. The van der Waals surface area contributed by atoms with Gasteiger partial charge in [0.05, 0.1) is 25.0 Å². The van der Waals surface area contributed by atoms with Crippen LogP contribution in [-0.4, -0.2) is 56.5 Å². The van der Waals surface area contributed by atoms with E-state index in [2.05, 4.69) is 25.3 Å². The van der Waals surface area contributed by atoms with Gasteiger partial charge in [0.25, 0.3) is 0 Å². The highest BCUT2D eigenvalue weighted by atomic mass is 16.6. The van der Waals surface area contributed by atoms with Gasteiger partial charge in [-0.25, -0.2) is 14.8 Å². The Labute approximate surface area is 237 Å². The van der Waals surface area contributed by atoms with Crippen LogP contribution in [0.1, 0.15) is 44.8 Å². The molecular weight excluding hydrogens is 524 g/mol. The zero-order chi connectivity index (χ0) is 28.5. The average molecular weight is 557 g/mol. The van der Waals surface area contributed by atoms with Crippen molar-refractivity contribution in [1.82, 2.24) is 30.2 Å². The number of alkyl carbamates (subject to hydrolysis) is 1. The van der Waals surface area contributed by atoms with Gasteiger partial charge >= 0.3 is 6.09 Å². The Morgan fingerprint density at radius 2 is 1.78 bits per heavy atom. The smallest absolute Gasteiger partial charge is 0.407 e. The molecule has 4 heterocycles. The van der Waals surface area contributed by atoms with Crippen molar-refractivity contribution in [2.24, 2.45) is 5.92 Å². The maximum absolute atomic E-state index is 13.6. The zero-order valence-electron chi connectivity index (χ0n) is 23.1. The molecule has 3 unspecified atom stereocenters. The maximum Gasteiger partial charge on any atom is 0.407 e. The van der Waals surface area contributed by atoms with Crippen LogP contribution in [0.2, 0.25) is 0 Å². The van der Waals surface area contributed by atoms with Gasteiger partial charge < -0.3 is 34.4 Å². The number of hydrogen-bond donors (Lipinski definition) is 3. The van der Waals surface area contributed by atoms with E-state index in [-0.39, 0.29) is 17.9 Å². The van der Waals surface area contributed by atoms with Crippen LogP contribution in [0.15, 0.2) is 55.0 Å². The number of methoxy groups -OCH3 is 1. The second kappa shape index (κ2) is 11.0. The first-order valence-corrected chi connectivity index (χ1v) is 13.8. The third-order valence-corrected chi connectivity index (χ3v) is 7.80. The fraction of sp³-hybridized carbons (Fsp3) is 0.333. The number of H-pyrrole nitrogens is 2. The van der Waals surface area contributed by atoms with Gasteiger partial charge in [-0.3, -0.25) is 4.79 Å². The molecule has 6 rings (SSSR count). The summed E-state index contributed by atoms with van der Waals surface area (Å²) in [4.78, 5) is 42.8. The quantitative estimate of drug-likeness (QED) is 0.231. The van der Waals surface area contributed by atoms with Gasteiger partial charge in [0, 0.05) is 30.1 Å². The first-order valence-electron chi connectivity index (χ1n) is 13.8. The minimum Gasteiger partial charge on any atom is -0.453 e. The highest BCUT2D eigenvalue weighted by Crippen LogP contribution is 2.47. The van der Waals surface area contributed by atoms with Crippen LogP contribution in [0.4, 0.5) is 4.79 Å². The summed E-state index contributed by atoms with van der Waals surface area (Å²) in [5.74, 6) is 3.67. The van der Waals surface area contributed by atoms with Gasteiger partial charge in [0.1, 0.15) is 17.7 Å². The molecule has 3 N–H and O–H groups in total. The fourth-order valence-electron chi connectivity index (χ4n) is 5.35. The number of benzene rings is 2. The minimum absolute atomic E-state index is 0.0419. The summed E-state index contributed by atoms with van der Waals surface area (Å²) >= 11 is 0. The number of rotatable bonds is 7. The lowest BCUT2D eigenvalue weighted by Gasteiger charge is -2.31. The molecule has 41 heavy (non-hydrogen) atoms. The molecule has 0 aliphatic carbocycles. The van der Waals surface area contributed by atoms with Crippen molar-refractivity contribution in [1.29, 1.82) is 0 Å². The lowest BCUT2D eigenvalue weighted by molar-refractivity contribution is -0.135. The van der Waals surface area contributed by atoms with Crippen molar-refractivity contribution in [2.75, 3.05) is 13.7 Å². The van der Waals surface area contributed by atoms with Gasteiger partial charge in [0.2, 0.25) is 5.91 Å². The molecule has 11 heteroatoms. The number of nitrogens with one attached hydrogen (secondary N) is 3. The topological polar surface area (TPSA) is 134 Å². The summed E-state index contributed by atoms with van der Waals surface area (Å²) in [6, 6.07) is 10.5. The fourth-order valence-corrected chi connectivity index (χ4v) is 5.35. The molecule has 0 radical (unpaired) electrons. The Bertz CT molecular complexity index is 1570. The zero-order valence-corrected chi connectivity index (χ0v) is 23.1. The number of carbonyl (C=O) groups excluding carboxylic acids is 2. The molecule has 3 atom stereocenters. The van der Waals surface area contributed by atoms with E-state index >= 15 is 0 Å². The predicted octanol–water partition coefficient (Wildman–Crippen LogP) is 5.80. The summed E-state index contributed by atoms with van der Waals surface area (Å²) < 4.78 is 17.1. The molecule has 2 amide bonds. The Morgan fingerprint density at radius 3 is 2.41 bits per heavy atom. The van der Waals surface area contributed by atoms with Crippen LogP contribution < -0.4 is 14.8 Å². The van der Waals surface area contributed by atoms with Crippen LogP contribution in [-0.2, 0) is 9.53 Å². The van der Waals surface area contributed by atoms with Crippen LogP contribution >= 0.6 is 0 Å². The molecule has 212 valence electrons. The number of amides is 2. The highest BCUT2D eigenvalue weighted by molar-refractivity contribution is 5.86. The van der Waals surface area contributed by atoms with Crippen molar-refractivity contribution >= 4 is 12.0 Å². The summed E-state index contributed by atoms with van der Waals surface area (Å²) in [5, 5.41) is 2.73. The summed E-state index contributed by atoms with van der Waals surface area (Å²) in [6.07, 6.45) is 7.06. The number of ether oxygens (including phenoxy) is 3. The van der Waals surface area contributed by atoms with E-state index < -0.39 is 12.1 Å². The molecule has 4 aromatic rings. The SMILES string of the molecule is CCC(C)C(NC(=O)OC)C(=O)N1CCCC1c1cnc(-c2ccc3c(c2)Oc2ccc(-c4ncc[nH]4)cc2O3)[nH]1. The van der Waals surface area contributed by atoms with Crippen molar-refractivity contribution in [3.63, 3.8) is 0 Å². The van der Waals surface area contributed by atoms with E-state index in [1.165, 1.54) is 7.11 Å². The lowest BCUT2D eigenvalue weighted by atomic mass is 9.97. The number of hydrogen-bond acceptors (Lipinski definition) is 7. The second-order valence-electron chi connectivity index (χ2n) is 10.3. The summed E-state index contributed by atoms with van der Waals surface area (Å²) in [7, 11) is 1.30. The minimum atomic E-state index is -0.661. The van der Waals surface area contributed by atoms with Crippen LogP contribution in [0.5, 0.6) is 23.0 Å². The predicted molar refractivity (Wildman–Crippen MR) is 151 cm³/mol. The molecule has 1 fully saturated rings. The Morgan fingerprint density at radius 1 is 1.07 bits per heavy atom. The van der Waals surface area contributed by atoms with E-state index in [0.717, 1.165) is 41.9 Å². The van der Waals surface area contributed by atoms with Gasteiger partial charge in [-0.1, -0.05) is 20.3 Å². The van der Waals surface area contributed by atoms with Crippen molar-refractivity contribution in [3.05, 3.63) is 60.7 Å². The molecule has 0 saturated carbocycles. The third kappa shape index (κ3) is 5.10. The second-order valence-corrected chi connectivity index (χ2v) is 10.3. The Kier molecular flexibility index (Phi) is 7.08. The number of fused-ring (bicyclic) bond motifs is 2. The van der Waals surface area contributed by atoms with Gasteiger partial charge in [-0.2, -0.15) is 0 Å². The lowest BCUT2D eigenvalue weighted by Crippen LogP contribution is -2.51. The first-order chi connectivity index (χ1) is 19.9. The largest absolute Gasteiger partial charge is 0.453 e. The molecule has 0 bridgehead atoms.